The molecule has 1 amide bonds. The summed E-state index contributed by atoms with van der Waals surface area (Å²) in [5.74, 6) is 0.697. The number of amides is 1. The number of carbonyl (C=O) groups is 1. The van der Waals surface area contributed by atoms with E-state index in [2.05, 4.69) is 27.8 Å². The van der Waals surface area contributed by atoms with Crippen LogP contribution in [0.25, 0.3) is 0 Å². The van der Waals surface area contributed by atoms with Gasteiger partial charge in [-0.15, -0.1) is 0 Å². The molecule has 2 aromatic rings. The number of nitrogens with one attached hydrogen (secondary N) is 2. The monoisotopic (exact) mass is 297 g/mol. The molecule has 0 aliphatic heterocycles. The summed E-state index contributed by atoms with van der Waals surface area (Å²) in [5, 5.41) is 6.18. The topological polar surface area (TPSA) is 54.0 Å². The first kappa shape index (κ1) is 16.0. The number of pyridine rings is 1. The number of anilines is 2. The van der Waals surface area contributed by atoms with Crippen molar-refractivity contribution in [1.82, 2.24) is 4.98 Å². The standard InChI is InChI=1S/C18H23N3O/c1-3-15(4-2)18(22)21-17-11-10-16(13-20-17)19-12-14-8-6-5-7-9-14/h5-11,13,15,19H,3-4,12H2,1-2H3,(H,20,21,22). The van der Waals surface area contributed by atoms with Crippen LogP contribution in [-0.4, -0.2) is 10.9 Å². The molecule has 0 unspecified atom stereocenters. The first-order valence-corrected chi connectivity index (χ1v) is 7.77. The number of nitrogens with zero attached hydrogens (tertiary/aromatic N) is 1. The van der Waals surface area contributed by atoms with Gasteiger partial charge in [-0.25, -0.2) is 4.98 Å². The zero-order chi connectivity index (χ0) is 15.8. The van der Waals surface area contributed by atoms with E-state index in [0.29, 0.717) is 5.82 Å². The Morgan fingerprint density at radius 1 is 1.09 bits per heavy atom. The molecule has 0 saturated carbocycles. The van der Waals surface area contributed by atoms with E-state index in [-0.39, 0.29) is 11.8 Å². The van der Waals surface area contributed by atoms with Gasteiger partial charge in [-0.2, -0.15) is 0 Å². The molecule has 0 radical (unpaired) electrons. The van der Waals surface area contributed by atoms with Crippen molar-refractivity contribution >= 4 is 17.4 Å². The molecule has 4 nitrogen and oxygen atoms in total. The normalized spacial score (nSPS) is 10.5. The van der Waals surface area contributed by atoms with E-state index in [4.69, 9.17) is 0 Å². The third kappa shape index (κ3) is 4.58. The molecule has 1 aromatic carbocycles. The minimum absolute atomic E-state index is 0.0440. The van der Waals surface area contributed by atoms with Gasteiger partial charge in [0.2, 0.25) is 5.91 Å². The van der Waals surface area contributed by atoms with Gasteiger partial charge in [0.05, 0.1) is 11.9 Å². The molecule has 22 heavy (non-hydrogen) atoms. The van der Waals surface area contributed by atoms with Gasteiger partial charge in [0.25, 0.3) is 0 Å². The Hall–Kier alpha value is -2.36. The molecule has 116 valence electrons. The molecule has 4 heteroatoms. The van der Waals surface area contributed by atoms with Crippen LogP contribution < -0.4 is 10.6 Å². The Balaban J connectivity index is 1.89. The van der Waals surface area contributed by atoms with Gasteiger partial charge >= 0.3 is 0 Å². The van der Waals surface area contributed by atoms with Crippen molar-refractivity contribution in [2.75, 3.05) is 10.6 Å². The summed E-state index contributed by atoms with van der Waals surface area (Å²) >= 11 is 0. The molecule has 2 rings (SSSR count). The molecule has 0 fully saturated rings. The van der Waals surface area contributed by atoms with Gasteiger partial charge in [0.1, 0.15) is 5.82 Å². The molecule has 2 N–H and O–H groups in total. The van der Waals surface area contributed by atoms with Crippen LogP contribution in [0.5, 0.6) is 0 Å². The Morgan fingerprint density at radius 2 is 1.82 bits per heavy atom. The summed E-state index contributed by atoms with van der Waals surface area (Å²) in [6.45, 7) is 4.80. The predicted octanol–water partition coefficient (Wildman–Crippen LogP) is 4.07. The van der Waals surface area contributed by atoms with E-state index in [1.165, 1.54) is 5.56 Å². The maximum Gasteiger partial charge on any atom is 0.228 e. The van der Waals surface area contributed by atoms with Gasteiger partial charge in [-0.1, -0.05) is 44.2 Å². The molecule has 0 bridgehead atoms. The number of carbonyl (C=O) groups excluding carboxylic acids is 1. The molecule has 1 heterocycles. The van der Waals surface area contributed by atoms with E-state index < -0.39 is 0 Å². The summed E-state index contributed by atoms with van der Waals surface area (Å²) in [4.78, 5) is 16.3. The number of aromatic nitrogens is 1. The van der Waals surface area contributed by atoms with Crippen LogP contribution in [0.4, 0.5) is 11.5 Å². The third-order valence-corrected chi connectivity index (χ3v) is 3.71. The van der Waals surface area contributed by atoms with Gasteiger partial charge in [0.15, 0.2) is 0 Å². The van der Waals surface area contributed by atoms with E-state index in [0.717, 1.165) is 25.1 Å². The highest BCUT2D eigenvalue weighted by Crippen LogP contribution is 2.14. The predicted molar refractivity (Wildman–Crippen MR) is 90.7 cm³/mol. The fourth-order valence-electron chi connectivity index (χ4n) is 2.26. The summed E-state index contributed by atoms with van der Waals surface area (Å²) in [7, 11) is 0. The fourth-order valence-corrected chi connectivity index (χ4v) is 2.26. The van der Waals surface area contributed by atoms with Gasteiger partial charge < -0.3 is 10.6 Å². The van der Waals surface area contributed by atoms with Crippen LogP contribution in [0.1, 0.15) is 32.3 Å². The van der Waals surface area contributed by atoms with Crippen molar-refractivity contribution in [3.63, 3.8) is 0 Å². The van der Waals surface area contributed by atoms with Crippen molar-refractivity contribution in [1.29, 1.82) is 0 Å². The Morgan fingerprint density at radius 3 is 2.41 bits per heavy atom. The number of benzene rings is 1. The zero-order valence-corrected chi connectivity index (χ0v) is 13.2. The maximum atomic E-state index is 12.0. The van der Waals surface area contributed by atoms with Crippen LogP contribution in [0.15, 0.2) is 48.7 Å². The molecule has 0 spiro atoms. The van der Waals surface area contributed by atoms with E-state index in [1.54, 1.807) is 6.20 Å². The van der Waals surface area contributed by atoms with Crippen LogP contribution in [0.3, 0.4) is 0 Å². The van der Waals surface area contributed by atoms with E-state index >= 15 is 0 Å². The highest BCUT2D eigenvalue weighted by Gasteiger charge is 2.14. The minimum Gasteiger partial charge on any atom is -0.380 e. The summed E-state index contributed by atoms with van der Waals surface area (Å²) < 4.78 is 0. The third-order valence-electron chi connectivity index (χ3n) is 3.71. The Bertz CT molecular complexity index is 577. The molecular formula is C18H23N3O. The zero-order valence-electron chi connectivity index (χ0n) is 13.2. The first-order chi connectivity index (χ1) is 10.7. The molecule has 1 aromatic heterocycles. The van der Waals surface area contributed by atoms with Crippen molar-refractivity contribution in [2.45, 2.75) is 33.2 Å². The van der Waals surface area contributed by atoms with Crippen molar-refractivity contribution in [3.05, 3.63) is 54.2 Å². The summed E-state index contributed by atoms with van der Waals surface area (Å²) in [5.41, 5.74) is 2.15. The summed E-state index contributed by atoms with van der Waals surface area (Å²) in [6, 6.07) is 13.9. The molecule has 0 saturated heterocycles. The SMILES string of the molecule is CCC(CC)C(=O)Nc1ccc(NCc2ccccc2)cn1. The highest BCUT2D eigenvalue weighted by molar-refractivity contribution is 5.91. The fraction of sp³-hybridized carbons (Fsp3) is 0.333. The highest BCUT2D eigenvalue weighted by atomic mass is 16.1. The smallest absolute Gasteiger partial charge is 0.228 e. The number of hydrogen-bond donors (Lipinski definition) is 2. The van der Waals surface area contributed by atoms with E-state index in [1.807, 2.05) is 44.2 Å². The van der Waals surface area contributed by atoms with Crippen LogP contribution in [0, 0.1) is 5.92 Å². The average Bonchev–Trinajstić information content (AvgIpc) is 2.56. The lowest BCUT2D eigenvalue weighted by atomic mass is 10.0. The number of rotatable bonds is 7. The molecule has 0 atom stereocenters. The lowest BCUT2D eigenvalue weighted by Crippen LogP contribution is -2.22. The second kappa shape index (κ2) is 8.17. The average molecular weight is 297 g/mol. The maximum absolute atomic E-state index is 12.0. The first-order valence-electron chi connectivity index (χ1n) is 7.77. The molecule has 0 aliphatic rings. The number of hydrogen-bond acceptors (Lipinski definition) is 3. The second-order valence-corrected chi connectivity index (χ2v) is 5.27. The van der Waals surface area contributed by atoms with Gasteiger partial charge in [-0.3, -0.25) is 4.79 Å². The van der Waals surface area contributed by atoms with Crippen LogP contribution in [0.2, 0.25) is 0 Å². The van der Waals surface area contributed by atoms with Gasteiger partial charge in [-0.05, 0) is 30.5 Å². The lowest BCUT2D eigenvalue weighted by Gasteiger charge is -2.12. The van der Waals surface area contributed by atoms with Crippen molar-refractivity contribution < 1.29 is 4.79 Å². The van der Waals surface area contributed by atoms with Crippen LogP contribution in [-0.2, 0) is 11.3 Å². The minimum atomic E-state index is 0.0440. The van der Waals surface area contributed by atoms with Crippen molar-refractivity contribution in [3.8, 4) is 0 Å². The van der Waals surface area contributed by atoms with Gasteiger partial charge in [0, 0.05) is 12.5 Å². The quantitative estimate of drug-likeness (QED) is 0.810. The lowest BCUT2D eigenvalue weighted by molar-refractivity contribution is -0.120. The summed E-state index contributed by atoms with van der Waals surface area (Å²) in [6.07, 6.45) is 3.43. The van der Waals surface area contributed by atoms with E-state index in [9.17, 15) is 4.79 Å². The molecule has 0 aliphatic carbocycles. The molecular weight excluding hydrogens is 274 g/mol. The largest absolute Gasteiger partial charge is 0.380 e. The Kier molecular flexibility index (Phi) is 5.95. The van der Waals surface area contributed by atoms with Crippen molar-refractivity contribution in [2.24, 2.45) is 5.92 Å². The van der Waals surface area contributed by atoms with Crippen LogP contribution >= 0.6 is 0 Å². The Labute approximate surface area is 132 Å². The second-order valence-electron chi connectivity index (χ2n) is 5.27.